The molecule has 0 aliphatic heterocycles. The summed E-state index contributed by atoms with van der Waals surface area (Å²) in [6.07, 6.45) is 0. The molecule has 0 atom stereocenters. The summed E-state index contributed by atoms with van der Waals surface area (Å²) in [4.78, 5) is 0. The van der Waals surface area contributed by atoms with Crippen molar-refractivity contribution in [1.29, 1.82) is 0 Å². The molecular weight excluding hydrogens is 245 g/mol. The average molecular weight is 261 g/mol. The zero-order valence-corrected chi connectivity index (χ0v) is 10.9. The number of nitrogens with two attached hydrogens (primary N) is 1. The van der Waals surface area contributed by atoms with E-state index in [9.17, 15) is 4.39 Å². The van der Waals surface area contributed by atoms with Crippen LogP contribution in [0.25, 0.3) is 11.1 Å². The van der Waals surface area contributed by atoms with Crippen LogP contribution in [0.4, 0.5) is 4.39 Å². The second-order valence-electron chi connectivity index (χ2n) is 4.08. The lowest BCUT2D eigenvalue weighted by Crippen LogP contribution is -2.00. The fraction of sp³-hybridized carbons (Fsp3) is 0.200. The first kappa shape index (κ1) is 13.4. The summed E-state index contributed by atoms with van der Waals surface area (Å²) in [7, 11) is 3.14. The lowest BCUT2D eigenvalue weighted by Gasteiger charge is -2.12. The zero-order valence-electron chi connectivity index (χ0n) is 10.9. The maximum atomic E-state index is 13.4. The van der Waals surface area contributed by atoms with Crippen LogP contribution in [-0.2, 0) is 6.54 Å². The molecule has 0 aliphatic rings. The van der Waals surface area contributed by atoms with Gasteiger partial charge in [-0.25, -0.2) is 4.39 Å². The van der Waals surface area contributed by atoms with Gasteiger partial charge in [-0.1, -0.05) is 12.1 Å². The van der Waals surface area contributed by atoms with Crippen molar-refractivity contribution in [2.45, 2.75) is 6.54 Å². The molecule has 2 rings (SSSR count). The highest BCUT2D eigenvalue weighted by Gasteiger charge is 2.10. The van der Waals surface area contributed by atoms with Crippen LogP contribution in [0.1, 0.15) is 5.56 Å². The molecule has 19 heavy (non-hydrogen) atoms. The number of hydrogen-bond acceptors (Lipinski definition) is 3. The number of rotatable bonds is 4. The van der Waals surface area contributed by atoms with Crippen molar-refractivity contribution < 1.29 is 13.9 Å². The highest BCUT2D eigenvalue weighted by Crippen LogP contribution is 2.33. The normalized spacial score (nSPS) is 10.3. The summed E-state index contributed by atoms with van der Waals surface area (Å²) in [5.74, 6) is 0.950. The Hall–Kier alpha value is -2.07. The Balaban J connectivity index is 2.55. The lowest BCUT2D eigenvalue weighted by molar-refractivity contribution is 0.355. The van der Waals surface area contributed by atoms with E-state index in [-0.39, 0.29) is 5.82 Å². The summed E-state index contributed by atoms with van der Waals surface area (Å²) in [6.45, 7) is 0.351. The van der Waals surface area contributed by atoms with E-state index >= 15 is 0 Å². The van der Waals surface area contributed by atoms with E-state index in [0.717, 1.165) is 16.7 Å². The molecule has 0 unspecified atom stereocenters. The number of methoxy groups -OCH3 is 2. The van der Waals surface area contributed by atoms with Gasteiger partial charge in [0.15, 0.2) is 11.5 Å². The largest absolute Gasteiger partial charge is 0.493 e. The number of ether oxygens (including phenoxy) is 2. The summed E-state index contributed by atoms with van der Waals surface area (Å²) < 4.78 is 23.8. The highest BCUT2D eigenvalue weighted by atomic mass is 19.1. The second kappa shape index (κ2) is 5.71. The van der Waals surface area contributed by atoms with Gasteiger partial charge in [-0.05, 0) is 41.0 Å². The van der Waals surface area contributed by atoms with Gasteiger partial charge in [0.1, 0.15) is 5.82 Å². The van der Waals surface area contributed by atoms with E-state index in [1.54, 1.807) is 26.4 Å². The molecule has 0 saturated carbocycles. The van der Waals surface area contributed by atoms with Crippen LogP contribution in [-0.4, -0.2) is 14.2 Å². The third-order valence-corrected chi connectivity index (χ3v) is 2.99. The predicted octanol–water partition coefficient (Wildman–Crippen LogP) is 2.97. The highest BCUT2D eigenvalue weighted by molar-refractivity contribution is 5.70. The van der Waals surface area contributed by atoms with E-state index in [0.29, 0.717) is 18.0 Å². The number of halogens is 1. The summed E-state index contributed by atoms with van der Waals surface area (Å²) in [5.41, 5.74) is 8.18. The van der Waals surface area contributed by atoms with Gasteiger partial charge < -0.3 is 15.2 Å². The Morgan fingerprint density at radius 1 is 1.00 bits per heavy atom. The summed E-state index contributed by atoms with van der Waals surface area (Å²) in [6, 6.07) is 10.0. The van der Waals surface area contributed by atoms with Crippen LogP contribution in [0.2, 0.25) is 0 Å². The van der Waals surface area contributed by atoms with Crippen molar-refractivity contribution in [2.75, 3.05) is 14.2 Å². The van der Waals surface area contributed by atoms with Crippen LogP contribution in [0.15, 0.2) is 36.4 Å². The van der Waals surface area contributed by atoms with Crippen molar-refractivity contribution in [1.82, 2.24) is 0 Å². The van der Waals surface area contributed by atoms with Gasteiger partial charge in [0.25, 0.3) is 0 Å². The first-order valence-corrected chi connectivity index (χ1v) is 5.90. The van der Waals surface area contributed by atoms with Crippen LogP contribution >= 0.6 is 0 Å². The fourth-order valence-electron chi connectivity index (χ4n) is 2.00. The molecular formula is C15H16FNO2. The number of benzene rings is 2. The average Bonchev–Trinajstić information content (AvgIpc) is 2.46. The van der Waals surface area contributed by atoms with Crippen molar-refractivity contribution in [2.24, 2.45) is 5.73 Å². The van der Waals surface area contributed by atoms with Crippen molar-refractivity contribution in [3.8, 4) is 22.6 Å². The fourth-order valence-corrected chi connectivity index (χ4v) is 2.00. The molecule has 0 heterocycles. The standard InChI is InChI=1S/C15H16FNO2/c1-18-14-6-4-10(7-15(14)19-2)13-8-12(16)5-3-11(13)9-17/h3-8H,9,17H2,1-2H3. The maximum Gasteiger partial charge on any atom is 0.161 e. The van der Waals surface area contributed by atoms with Crippen LogP contribution in [0.3, 0.4) is 0 Å². The van der Waals surface area contributed by atoms with Gasteiger partial charge in [0.2, 0.25) is 0 Å². The monoisotopic (exact) mass is 261 g/mol. The maximum absolute atomic E-state index is 13.4. The third kappa shape index (κ3) is 2.69. The topological polar surface area (TPSA) is 44.5 Å². The molecule has 0 bridgehead atoms. The van der Waals surface area contributed by atoms with E-state index in [4.69, 9.17) is 15.2 Å². The molecule has 2 aromatic rings. The lowest BCUT2D eigenvalue weighted by atomic mass is 9.99. The van der Waals surface area contributed by atoms with E-state index in [2.05, 4.69) is 0 Å². The SMILES string of the molecule is COc1ccc(-c2cc(F)ccc2CN)cc1OC. The molecule has 100 valence electrons. The Labute approximate surface area is 111 Å². The van der Waals surface area contributed by atoms with Gasteiger partial charge in [0.05, 0.1) is 14.2 Å². The van der Waals surface area contributed by atoms with Gasteiger partial charge in [-0.3, -0.25) is 0 Å². The van der Waals surface area contributed by atoms with Crippen LogP contribution in [0, 0.1) is 5.82 Å². The minimum Gasteiger partial charge on any atom is -0.493 e. The van der Waals surface area contributed by atoms with Crippen LogP contribution in [0.5, 0.6) is 11.5 Å². The van der Waals surface area contributed by atoms with E-state index < -0.39 is 0 Å². The molecule has 2 N–H and O–H groups in total. The smallest absolute Gasteiger partial charge is 0.161 e. The molecule has 0 radical (unpaired) electrons. The third-order valence-electron chi connectivity index (χ3n) is 2.99. The minimum atomic E-state index is -0.290. The second-order valence-corrected chi connectivity index (χ2v) is 4.08. The molecule has 4 heteroatoms. The Morgan fingerprint density at radius 2 is 1.74 bits per heavy atom. The van der Waals surface area contributed by atoms with Gasteiger partial charge in [0, 0.05) is 6.54 Å². The zero-order chi connectivity index (χ0) is 13.8. The van der Waals surface area contributed by atoms with E-state index in [1.807, 2.05) is 12.1 Å². The number of hydrogen-bond donors (Lipinski definition) is 1. The molecule has 0 spiro atoms. The van der Waals surface area contributed by atoms with Crippen molar-refractivity contribution in [3.05, 3.63) is 47.8 Å². The molecule has 2 aromatic carbocycles. The summed E-state index contributed by atoms with van der Waals surface area (Å²) in [5, 5.41) is 0. The predicted molar refractivity (Wildman–Crippen MR) is 72.8 cm³/mol. The Morgan fingerprint density at radius 3 is 2.37 bits per heavy atom. The summed E-state index contributed by atoms with van der Waals surface area (Å²) >= 11 is 0. The van der Waals surface area contributed by atoms with Gasteiger partial charge in [-0.15, -0.1) is 0 Å². The molecule has 0 saturated heterocycles. The first-order valence-electron chi connectivity index (χ1n) is 5.90. The molecule has 0 fully saturated rings. The molecule has 0 aromatic heterocycles. The van der Waals surface area contributed by atoms with Gasteiger partial charge >= 0.3 is 0 Å². The van der Waals surface area contributed by atoms with Crippen molar-refractivity contribution in [3.63, 3.8) is 0 Å². The minimum absolute atomic E-state index is 0.290. The Bertz CT molecular complexity index is 584. The van der Waals surface area contributed by atoms with E-state index in [1.165, 1.54) is 12.1 Å². The Kier molecular flexibility index (Phi) is 4.02. The molecule has 0 aliphatic carbocycles. The molecule has 3 nitrogen and oxygen atoms in total. The van der Waals surface area contributed by atoms with Crippen LogP contribution < -0.4 is 15.2 Å². The van der Waals surface area contributed by atoms with Crippen molar-refractivity contribution >= 4 is 0 Å². The first-order chi connectivity index (χ1) is 9.19. The quantitative estimate of drug-likeness (QED) is 0.920. The van der Waals surface area contributed by atoms with Gasteiger partial charge in [-0.2, -0.15) is 0 Å². The molecule has 0 amide bonds.